The molecule has 0 aliphatic carbocycles. The van der Waals surface area contributed by atoms with E-state index >= 15 is 0 Å². The fraction of sp³-hybridized carbons (Fsp3) is 0.400. The van der Waals surface area contributed by atoms with Gasteiger partial charge in [0.15, 0.2) is 0 Å². The minimum Gasteiger partial charge on any atom is -0.324 e. The Hall–Kier alpha value is -1.01. The zero-order valence-electron chi connectivity index (χ0n) is 6.00. The van der Waals surface area contributed by atoms with Crippen molar-refractivity contribution < 1.29 is 4.79 Å². The van der Waals surface area contributed by atoms with E-state index < -0.39 is 0 Å². The lowest BCUT2D eigenvalue weighted by Gasteiger charge is -1.90. The van der Waals surface area contributed by atoms with E-state index in [2.05, 4.69) is 15.5 Å². The van der Waals surface area contributed by atoms with Gasteiger partial charge >= 0.3 is 0 Å². The van der Waals surface area contributed by atoms with Gasteiger partial charge in [0, 0.05) is 13.5 Å². The van der Waals surface area contributed by atoms with Gasteiger partial charge in [0.25, 0.3) is 0 Å². The first-order valence-corrected chi connectivity index (χ1v) is 3.84. The summed E-state index contributed by atoms with van der Waals surface area (Å²) < 4.78 is 0. The fourth-order valence-electron chi connectivity index (χ4n) is 0.537. The second kappa shape index (κ2) is 3.40. The SMILES string of the molecule is CC(=O)Nc1nnc(CN)s1. The number of rotatable bonds is 2. The monoisotopic (exact) mass is 172 g/mol. The van der Waals surface area contributed by atoms with Crippen LogP contribution < -0.4 is 11.1 Å². The third-order valence-electron chi connectivity index (χ3n) is 0.924. The molecule has 5 nitrogen and oxygen atoms in total. The van der Waals surface area contributed by atoms with Crippen LogP contribution in [0.5, 0.6) is 0 Å². The molecule has 1 amide bonds. The predicted octanol–water partition coefficient (Wildman–Crippen LogP) is -0.0448. The van der Waals surface area contributed by atoms with Gasteiger partial charge in [-0.05, 0) is 0 Å². The van der Waals surface area contributed by atoms with E-state index in [4.69, 9.17) is 5.73 Å². The first-order valence-electron chi connectivity index (χ1n) is 3.02. The summed E-state index contributed by atoms with van der Waals surface area (Å²) in [5, 5.41) is 11.1. The summed E-state index contributed by atoms with van der Waals surface area (Å²) in [7, 11) is 0. The highest BCUT2D eigenvalue weighted by molar-refractivity contribution is 7.15. The van der Waals surface area contributed by atoms with Crippen LogP contribution in [0.15, 0.2) is 0 Å². The molecule has 0 aliphatic heterocycles. The summed E-state index contributed by atoms with van der Waals surface area (Å²) in [6.07, 6.45) is 0. The average molecular weight is 172 g/mol. The molecule has 6 heteroatoms. The summed E-state index contributed by atoms with van der Waals surface area (Å²) in [6.45, 7) is 1.78. The molecule has 11 heavy (non-hydrogen) atoms. The Kier molecular flexibility index (Phi) is 2.50. The van der Waals surface area contributed by atoms with Gasteiger partial charge in [-0.1, -0.05) is 11.3 Å². The molecule has 0 fully saturated rings. The number of carbonyl (C=O) groups excluding carboxylic acids is 1. The molecule has 1 aromatic rings. The van der Waals surface area contributed by atoms with Crippen LogP contribution in [0.3, 0.4) is 0 Å². The molecule has 0 bridgehead atoms. The number of nitrogens with zero attached hydrogens (tertiary/aromatic N) is 2. The maximum Gasteiger partial charge on any atom is 0.223 e. The van der Waals surface area contributed by atoms with Crippen molar-refractivity contribution in [2.24, 2.45) is 5.73 Å². The quantitative estimate of drug-likeness (QED) is 0.655. The van der Waals surface area contributed by atoms with Gasteiger partial charge in [-0.3, -0.25) is 4.79 Å². The van der Waals surface area contributed by atoms with E-state index in [0.717, 1.165) is 0 Å². The second-order valence-corrected chi connectivity index (χ2v) is 2.95. The fourth-order valence-corrected chi connectivity index (χ4v) is 1.20. The van der Waals surface area contributed by atoms with Crippen molar-refractivity contribution in [3.63, 3.8) is 0 Å². The van der Waals surface area contributed by atoms with E-state index in [1.54, 1.807) is 0 Å². The van der Waals surface area contributed by atoms with Gasteiger partial charge in [0.2, 0.25) is 11.0 Å². The molecule has 0 aromatic carbocycles. The van der Waals surface area contributed by atoms with Crippen molar-refractivity contribution in [3.05, 3.63) is 5.01 Å². The molecule has 0 spiro atoms. The highest BCUT2D eigenvalue weighted by atomic mass is 32.1. The van der Waals surface area contributed by atoms with Gasteiger partial charge in [-0.25, -0.2) is 0 Å². The van der Waals surface area contributed by atoms with Crippen LogP contribution in [-0.2, 0) is 11.3 Å². The highest BCUT2D eigenvalue weighted by Crippen LogP contribution is 2.13. The number of carbonyl (C=O) groups is 1. The van der Waals surface area contributed by atoms with Crippen LogP contribution in [0, 0.1) is 0 Å². The standard InChI is InChI=1S/C5H8N4OS/c1-3(10)7-5-9-8-4(2-6)11-5/h2,6H2,1H3,(H,7,9,10). The van der Waals surface area contributed by atoms with Crippen molar-refractivity contribution in [1.82, 2.24) is 10.2 Å². The number of nitrogens with one attached hydrogen (secondary N) is 1. The molecule has 0 saturated heterocycles. The largest absolute Gasteiger partial charge is 0.324 e. The van der Waals surface area contributed by atoms with Crippen molar-refractivity contribution in [2.45, 2.75) is 13.5 Å². The highest BCUT2D eigenvalue weighted by Gasteiger charge is 2.02. The first-order chi connectivity index (χ1) is 5.22. The summed E-state index contributed by atoms with van der Waals surface area (Å²) in [6, 6.07) is 0. The minimum absolute atomic E-state index is 0.148. The van der Waals surface area contributed by atoms with Crippen LogP contribution >= 0.6 is 11.3 Å². The molecule has 1 aromatic heterocycles. The lowest BCUT2D eigenvalue weighted by molar-refractivity contribution is -0.114. The predicted molar refractivity (Wildman–Crippen MR) is 42.1 cm³/mol. The van der Waals surface area contributed by atoms with Crippen LogP contribution in [0.4, 0.5) is 5.13 Å². The number of hydrogen-bond donors (Lipinski definition) is 2. The molecule has 1 rings (SSSR count). The summed E-state index contributed by atoms with van der Waals surface area (Å²) in [4.78, 5) is 10.5. The third kappa shape index (κ3) is 2.24. The van der Waals surface area contributed by atoms with Crippen molar-refractivity contribution >= 4 is 22.4 Å². The van der Waals surface area contributed by atoms with Gasteiger partial charge in [-0.2, -0.15) is 0 Å². The summed E-state index contributed by atoms with van der Waals surface area (Å²) in [5.41, 5.74) is 5.29. The van der Waals surface area contributed by atoms with E-state index in [1.807, 2.05) is 0 Å². The molecular formula is C5H8N4OS. The average Bonchev–Trinajstić information content (AvgIpc) is 2.34. The Morgan fingerprint density at radius 3 is 2.91 bits per heavy atom. The number of amides is 1. The number of nitrogens with two attached hydrogens (primary N) is 1. The minimum atomic E-state index is -0.148. The zero-order valence-corrected chi connectivity index (χ0v) is 6.81. The Labute approximate surface area is 67.6 Å². The molecular weight excluding hydrogens is 164 g/mol. The van der Waals surface area contributed by atoms with Gasteiger partial charge in [0.05, 0.1) is 0 Å². The first kappa shape index (κ1) is 8.09. The third-order valence-corrected chi connectivity index (χ3v) is 1.79. The Morgan fingerprint density at radius 2 is 2.45 bits per heavy atom. The van der Waals surface area contributed by atoms with Crippen LogP contribution in [0.2, 0.25) is 0 Å². The van der Waals surface area contributed by atoms with Gasteiger partial charge < -0.3 is 11.1 Å². The molecule has 0 atom stereocenters. The number of aromatic nitrogens is 2. The molecule has 3 N–H and O–H groups in total. The van der Waals surface area contributed by atoms with E-state index in [9.17, 15) is 4.79 Å². The Morgan fingerprint density at radius 1 is 1.73 bits per heavy atom. The summed E-state index contributed by atoms with van der Waals surface area (Å²) in [5.74, 6) is -0.148. The van der Waals surface area contributed by atoms with Crippen LogP contribution in [0.25, 0.3) is 0 Å². The molecule has 1 heterocycles. The molecule has 0 radical (unpaired) electrons. The second-order valence-electron chi connectivity index (χ2n) is 1.89. The van der Waals surface area contributed by atoms with Crippen molar-refractivity contribution in [2.75, 3.05) is 5.32 Å². The molecule has 0 aliphatic rings. The normalized spacial score (nSPS) is 9.64. The maximum atomic E-state index is 10.5. The number of anilines is 1. The maximum absolute atomic E-state index is 10.5. The Balaban J connectivity index is 2.65. The molecule has 0 unspecified atom stereocenters. The van der Waals surface area contributed by atoms with Gasteiger partial charge in [-0.15, -0.1) is 10.2 Å². The van der Waals surface area contributed by atoms with Gasteiger partial charge in [0.1, 0.15) is 5.01 Å². The zero-order chi connectivity index (χ0) is 8.27. The van der Waals surface area contributed by atoms with Crippen molar-refractivity contribution in [1.29, 1.82) is 0 Å². The summed E-state index contributed by atoms with van der Waals surface area (Å²) >= 11 is 1.28. The molecule has 60 valence electrons. The smallest absolute Gasteiger partial charge is 0.223 e. The lowest BCUT2D eigenvalue weighted by atomic mass is 10.7. The van der Waals surface area contributed by atoms with Crippen LogP contribution in [-0.4, -0.2) is 16.1 Å². The van der Waals surface area contributed by atoms with E-state index in [-0.39, 0.29) is 5.91 Å². The number of hydrogen-bond acceptors (Lipinski definition) is 5. The Bertz CT molecular complexity index is 259. The van der Waals surface area contributed by atoms with E-state index in [0.29, 0.717) is 16.7 Å². The lowest BCUT2D eigenvalue weighted by Crippen LogP contribution is -2.04. The van der Waals surface area contributed by atoms with Crippen molar-refractivity contribution in [3.8, 4) is 0 Å². The topological polar surface area (TPSA) is 80.9 Å². The van der Waals surface area contributed by atoms with Crippen LogP contribution in [0.1, 0.15) is 11.9 Å². The van der Waals surface area contributed by atoms with E-state index in [1.165, 1.54) is 18.3 Å². The molecule has 0 saturated carbocycles.